The summed E-state index contributed by atoms with van der Waals surface area (Å²) in [5.74, 6) is -1.60. The molecule has 0 spiro atoms. The molecule has 1 aromatic heterocycles. The molecule has 2 heterocycles. The number of fused-ring (bicyclic) bond motifs is 1. The highest BCUT2D eigenvalue weighted by Crippen LogP contribution is 2.40. The number of aromatic nitrogens is 1. The number of amides is 2. The number of carboxylic acids is 1. The van der Waals surface area contributed by atoms with E-state index in [2.05, 4.69) is 4.98 Å². The highest BCUT2D eigenvalue weighted by molar-refractivity contribution is 7.13. The van der Waals surface area contributed by atoms with Gasteiger partial charge in [-0.15, -0.1) is 11.3 Å². The lowest BCUT2D eigenvalue weighted by molar-refractivity contribution is -0.141. The molecule has 1 aromatic rings. The fourth-order valence-corrected chi connectivity index (χ4v) is 3.96. The second-order valence-corrected chi connectivity index (χ2v) is 6.32. The zero-order valence-corrected chi connectivity index (χ0v) is 11.8. The van der Waals surface area contributed by atoms with E-state index in [1.165, 1.54) is 4.90 Å². The monoisotopic (exact) mass is 294 g/mol. The van der Waals surface area contributed by atoms with Crippen LogP contribution in [0.2, 0.25) is 0 Å². The van der Waals surface area contributed by atoms with Gasteiger partial charge in [0, 0.05) is 0 Å². The largest absolute Gasteiger partial charge is 0.477 e. The smallest absolute Gasteiger partial charge is 0.347 e. The molecule has 7 heteroatoms. The van der Waals surface area contributed by atoms with Gasteiger partial charge in [0.1, 0.15) is 9.88 Å². The maximum absolute atomic E-state index is 12.2. The molecule has 2 aliphatic rings. The third-order valence-corrected chi connectivity index (χ3v) is 5.14. The Hall–Kier alpha value is -1.76. The van der Waals surface area contributed by atoms with Gasteiger partial charge in [-0.2, -0.15) is 0 Å². The quantitative estimate of drug-likeness (QED) is 0.852. The minimum atomic E-state index is -1.03. The number of hydrogen-bond acceptors (Lipinski definition) is 5. The molecule has 2 unspecified atom stereocenters. The van der Waals surface area contributed by atoms with E-state index in [0.717, 1.165) is 30.6 Å². The van der Waals surface area contributed by atoms with Crippen LogP contribution in [0.1, 0.15) is 39.6 Å². The second kappa shape index (κ2) is 4.66. The van der Waals surface area contributed by atoms with Crippen molar-refractivity contribution in [1.82, 2.24) is 9.88 Å². The Morgan fingerprint density at radius 2 is 1.95 bits per heavy atom. The average molecular weight is 294 g/mol. The van der Waals surface area contributed by atoms with Crippen LogP contribution in [0.4, 0.5) is 0 Å². The van der Waals surface area contributed by atoms with E-state index in [1.807, 2.05) is 0 Å². The number of imide groups is 1. The lowest BCUT2D eigenvalue weighted by Crippen LogP contribution is -2.31. The summed E-state index contributed by atoms with van der Waals surface area (Å²) in [5, 5.41) is 9.50. The maximum Gasteiger partial charge on any atom is 0.347 e. The molecular formula is C13H14N2O4S. The Labute approximate surface area is 119 Å². The molecule has 106 valence electrons. The molecule has 0 aromatic carbocycles. The van der Waals surface area contributed by atoms with E-state index in [1.54, 1.807) is 6.92 Å². The standard InChI is InChI=1S/C13H14N2O4S/c1-6-10(13(18)19)20-9(14-6)5-15-11(16)7-3-2-4-8(7)12(15)17/h7-8H,2-5H2,1H3,(H,18,19). The minimum Gasteiger partial charge on any atom is -0.477 e. The van der Waals surface area contributed by atoms with E-state index < -0.39 is 5.97 Å². The number of rotatable bonds is 3. The van der Waals surface area contributed by atoms with Crippen molar-refractivity contribution in [2.24, 2.45) is 11.8 Å². The molecule has 1 aliphatic carbocycles. The van der Waals surface area contributed by atoms with Crippen LogP contribution in [0.25, 0.3) is 0 Å². The van der Waals surface area contributed by atoms with Crippen molar-refractivity contribution < 1.29 is 19.5 Å². The molecule has 2 amide bonds. The van der Waals surface area contributed by atoms with E-state index in [4.69, 9.17) is 5.11 Å². The highest BCUT2D eigenvalue weighted by Gasteiger charge is 2.49. The first-order valence-corrected chi connectivity index (χ1v) is 7.35. The minimum absolute atomic E-state index is 0.101. The number of carboxylic acid groups (broad SMARTS) is 1. The van der Waals surface area contributed by atoms with E-state index in [9.17, 15) is 14.4 Å². The first-order valence-electron chi connectivity index (χ1n) is 6.54. The van der Waals surface area contributed by atoms with Crippen LogP contribution in [-0.2, 0) is 16.1 Å². The van der Waals surface area contributed by atoms with Gasteiger partial charge >= 0.3 is 5.97 Å². The van der Waals surface area contributed by atoms with Gasteiger partial charge in [-0.1, -0.05) is 6.42 Å². The SMILES string of the molecule is Cc1nc(CN2C(=O)C3CCCC3C2=O)sc1C(=O)O. The van der Waals surface area contributed by atoms with Crippen LogP contribution in [0.15, 0.2) is 0 Å². The summed E-state index contributed by atoms with van der Waals surface area (Å²) in [6, 6.07) is 0. The zero-order chi connectivity index (χ0) is 14.4. The first-order chi connectivity index (χ1) is 9.49. The number of hydrogen-bond donors (Lipinski definition) is 1. The molecule has 0 bridgehead atoms. The number of nitrogens with zero attached hydrogens (tertiary/aromatic N) is 2. The number of aromatic carboxylic acids is 1. The summed E-state index contributed by atoms with van der Waals surface area (Å²) in [7, 11) is 0. The summed E-state index contributed by atoms with van der Waals surface area (Å²) in [6.45, 7) is 1.72. The molecule has 1 aliphatic heterocycles. The molecule has 1 saturated carbocycles. The highest BCUT2D eigenvalue weighted by atomic mass is 32.1. The normalized spacial score (nSPS) is 25.4. The second-order valence-electron chi connectivity index (χ2n) is 5.23. The third kappa shape index (κ3) is 1.93. The summed E-state index contributed by atoms with van der Waals surface area (Å²) in [4.78, 5) is 40.9. The molecule has 20 heavy (non-hydrogen) atoms. The van der Waals surface area contributed by atoms with Crippen LogP contribution >= 0.6 is 11.3 Å². The molecule has 1 saturated heterocycles. The summed E-state index contributed by atoms with van der Waals surface area (Å²) < 4.78 is 0. The summed E-state index contributed by atoms with van der Waals surface area (Å²) >= 11 is 1.03. The van der Waals surface area contributed by atoms with Crippen molar-refractivity contribution in [3.05, 3.63) is 15.6 Å². The van der Waals surface area contributed by atoms with Gasteiger partial charge < -0.3 is 5.11 Å². The lowest BCUT2D eigenvalue weighted by atomic mass is 10.00. The molecule has 2 atom stereocenters. The number of likely N-dealkylation sites (tertiary alicyclic amines) is 1. The maximum atomic E-state index is 12.2. The fraction of sp³-hybridized carbons (Fsp3) is 0.538. The van der Waals surface area contributed by atoms with Gasteiger partial charge in [0.05, 0.1) is 24.1 Å². The topological polar surface area (TPSA) is 87.6 Å². The fourth-order valence-electron chi connectivity index (χ4n) is 3.07. The summed E-state index contributed by atoms with van der Waals surface area (Å²) in [6.07, 6.45) is 2.49. The Kier molecular flexibility index (Phi) is 3.08. The number of carbonyl (C=O) groups is 3. The number of aryl methyl sites for hydroxylation is 1. The van der Waals surface area contributed by atoms with Gasteiger partial charge in [0.25, 0.3) is 0 Å². The number of carbonyl (C=O) groups excluding carboxylic acids is 2. The third-order valence-electron chi connectivity index (χ3n) is 4.01. The number of thiazole rings is 1. The van der Waals surface area contributed by atoms with Crippen LogP contribution < -0.4 is 0 Å². The first kappa shape index (κ1) is 13.2. The zero-order valence-electron chi connectivity index (χ0n) is 11.0. The lowest BCUT2D eigenvalue weighted by Gasteiger charge is -2.13. The van der Waals surface area contributed by atoms with Crippen molar-refractivity contribution in [1.29, 1.82) is 0 Å². The van der Waals surface area contributed by atoms with Crippen molar-refractivity contribution in [2.75, 3.05) is 0 Å². The Bertz CT molecular complexity index is 588. The van der Waals surface area contributed by atoms with Crippen LogP contribution in [0.5, 0.6) is 0 Å². The van der Waals surface area contributed by atoms with Crippen LogP contribution in [0.3, 0.4) is 0 Å². The van der Waals surface area contributed by atoms with Crippen molar-refractivity contribution >= 4 is 29.1 Å². The van der Waals surface area contributed by atoms with E-state index >= 15 is 0 Å². The van der Waals surface area contributed by atoms with Gasteiger partial charge in [-0.3, -0.25) is 14.5 Å². The van der Waals surface area contributed by atoms with Gasteiger partial charge in [0.2, 0.25) is 11.8 Å². The Balaban J connectivity index is 1.81. The van der Waals surface area contributed by atoms with Gasteiger partial charge in [-0.05, 0) is 19.8 Å². The van der Waals surface area contributed by atoms with E-state index in [-0.39, 0.29) is 35.1 Å². The van der Waals surface area contributed by atoms with E-state index in [0.29, 0.717) is 10.7 Å². The molecular weight excluding hydrogens is 280 g/mol. The van der Waals surface area contributed by atoms with Crippen molar-refractivity contribution in [2.45, 2.75) is 32.7 Å². The average Bonchev–Trinajstić information content (AvgIpc) is 3.04. The predicted molar refractivity (Wildman–Crippen MR) is 70.2 cm³/mol. The predicted octanol–water partition coefficient (Wildman–Crippen LogP) is 1.43. The molecule has 6 nitrogen and oxygen atoms in total. The summed E-state index contributed by atoms with van der Waals surface area (Å²) in [5.41, 5.74) is 0.428. The van der Waals surface area contributed by atoms with Crippen LogP contribution in [-0.4, -0.2) is 32.8 Å². The molecule has 2 fully saturated rings. The van der Waals surface area contributed by atoms with Gasteiger partial charge in [0.15, 0.2) is 0 Å². The molecule has 1 N–H and O–H groups in total. The van der Waals surface area contributed by atoms with Crippen LogP contribution in [0, 0.1) is 18.8 Å². The van der Waals surface area contributed by atoms with Crippen molar-refractivity contribution in [3.63, 3.8) is 0 Å². The molecule has 3 rings (SSSR count). The Morgan fingerprint density at radius 3 is 2.45 bits per heavy atom. The Morgan fingerprint density at radius 1 is 1.35 bits per heavy atom. The van der Waals surface area contributed by atoms with Gasteiger partial charge in [-0.25, -0.2) is 9.78 Å². The molecule has 0 radical (unpaired) electrons. The van der Waals surface area contributed by atoms with Crippen molar-refractivity contribution in [3.8, 4) is 0 Å².